The van der Waals surface area contributed by atoms with Crippen LogP contribution in [0.3, 0.4) is 0 Å². The molecule has 39 heavy (non-hydrogen) atoms. The molecule has 0 radical (unpaired) electrons. The lowest BCUT2D eigenvalue weighted by molar-refractivity contribution is 0.0342. The monoisotopic (exact) mass is 531 g/mol. The third kappa shape index (κ3) is 8.33. The van der Waals surface area contributed by atoms with E-state index >= 15 is 0 Å². The Bertz CT molecular complexity index is 1240. The minimum absolute atomic E-state index is 0.0352. The van der Waals surface area contributed by atoms with Crippen molar-refractivity contribution in [2.75, 3.05) is 38.2 Å². The summed E-state index contributed by atoms with van der Waals surface area (Å²) in [6.45, 7) is 10.5. The Kier molecular flexibility index (Phi) is 9.99. The fourth-order valence-corrected chi connectivity index (χ4v) is 4.19. The summed E-state index contributed by atoms with van der Waals surface area (Å²) in [5, 5.41) is 5.37. The van der Waals surface area contributed by atoms with Crippen molar-refractivity contribution in [2.45, 2.75) is 46.2 Å². The van der Waals surface area contributed by atoms with Gasteiger partial charge in [-0.3, -0.25) is 10.2 Å². The summed E-state index contributed by atoms with van der Waals surface area (Å²) < 4.78 is 10.8. The van der Waals surface area contributed by atoms with E-state index in [-0.39, 0.29) is 17.7 Å². The van der Waals surface area contributed by atoms with Crippen molar-refractivity contribution < 1.29 is 19.1 Å². The lowest BCUT2D eigenvalue weighted by Gasteiger charge is -2.26. The fourth-order valence-electron chi connectivity index (χ4n) is 4.19. The molecule has 2 heterocycles. The Labute approximate surface area is 229 Å². The molecule has 1 aliphatic rings. The number of unbranched alkanes of at least 4 members (excludes halogenated alkanes) is 1. The number of nitrogens with one attached hydrogen (secondary N) is 2. The zero-order chi connectivity index (χ0) is 27.6. The van der Waals surface area contributed by atoms with E-state index in [9.17, 15) is 9.59 Å². The molecule has 3 aromatic rings. The molecule has 2 N–H and O–H groups in total. The first kappa shape index (κ1) is 28.2. The van der Waals surface area contributed by atoms with E-state index < -0.39 is 12.0 Å². The number of ether oxygens (including phenoxy) is 2. The number of carbonyl (C=O) groups excluding carboxylic acids is 2. The van der Waals surface area contributed by atoms with E-state index in [0.29, 0.717) is 12.3 Å². The zero-order valence-corrected chi connectivity index (χ0v) is 22.9. The van der Waals surface area contributed by atoms with Gasteiger partial charge in [0.05, 0.1) is 25.5 Å². The second kappa shape index (κ2) is 13.8. The largest absolute Gasteiger partial charge is 0.461 e. The molecule has 2 aromatic carbocycles. The lowest BCUT2D eigenvalue weighted by atomic mass is 10.0. The number of benzene rings is 2. The maximum absolute atomic E-state index is 12.7. The Hall–Kier alpha value is -3.82. The van der Waals surface area contributed by atoms with E-state index in [1.807, 2.05) is 45.0 Å². The maximum Gasteiger partial charge on any atom is 0.357 e. The van der Waals surface area contributed by atoms with Gasteiger partial charge in [-0.25, -0.2) is 19.6 Å². The molecule has 1 fully saturated rings. The van der Waals surface area contributed by atoms with Gasteiger partial charge in [0.15, 0.2) is 5.69 Å². The molecule has 4 rings (SSSR count). The SMILES string of the molecule is CCCCOC(=O)c1cc(-c2ccc(-c3ccc(CN4CCOCC4)cc3)cc2)nc(NC(=O)NC(C)C)n1. The summed E-state index contributed by atoms with van der Waals surface area (Å²) in [5.74, 6) is -0.513. The van der Waals surface area contributed by atoms with Crippen molar-refractivity contribution in [3.8, 4) is 22.4 Å². The molecular weight excluding hydrogens is 494 g/mol. The number of nitrogens with zero attached hydrogens (tertiary/aromatic N) is 3. The minimum atomic E-state index is -0.548. The summed E-state index contributed by atoms with van der Waals surface area (Å²) in [4.78, 5) is 36.1. The topological polar surface area (TPSA) is 106 Å². The number of urea groups is 1. The first-order valence-corrected chi connectivity index (χ1v) is 13.5. The van der Waals surface area contributed by atoms with Crippen LogP contribution >= 0.6 is 0 Å². The highest BCUT2D eigenvalue weighted by Crippen LogP contribution is 2.26. The Morgan fingerprint density at radius 2 is 1.62 bits per heavy atom. The average Bonchev–Trinajstić information content (AvgIpc) is 2.93. The van der Waals surface area contributed by atoms with Crippen LogP contribution in [-0.4, -0.2) is 65.8 Å². The first-order valence-electron chi connectivity index (χ1n) is 13.5. The fraction of sp³-hybridized carbons (Fsp3) is 0.400. The third-order valence-electron chi connectivity index (χ3n) is 6.29. The van der Waals surface area contributed by atoms with E-state index in [0.717, 1.165) is 62.4 Å². The standard InChI is InChI=1S/C30H37N5O4/c1-4-5-16-39-28(36)27-19-26(32-29(33-27)34-30(37)31-21(2)3)25-12-10-24(11-13-25)23-8-6-22(7-9-23)20-35-14-17-38-18-15-35/h6-13,19,21H,4-5,14-18,20H2,1-3H3,(H2,31,32,33,34,37). The minimum Gasteiger partial charge on any atom is -0.461 e. The van der Waals surface area contributed by atoms with Gasteiger partial charge in [-0.05, 0) is 43.0 Å². The van der Waals surface area contributed by atoms with Crippen LogP contribution in [0, 0.1) is 0 Å². The Morgan fingerprint density at radius 1 is 0.974 bits per heavy atom. The number of anilines is 1. The summed E-state index contributed by atoms with van der Waals surface area (Å²) in [5.41, 5.74) is 4.86. The van der Waals surface area contributed by atoms with Crippen molar-refractivity contribution in [1.82, 2.24) is 20.2 Å². The van der Waals surface area contributed by atoms with Gasteiger partial charge in [0.25, 0.3) is 0 Å². The number of rotatable bonds is 10. The molecule has 1 saturated heterocycles. The number of esters is 1. The summed E-state index contributed by atoms with van der Waals surface area (Å²) in [6, 6.07) is 17.6. The number of hydrogen-bond donors (Lipinski definition) is 2. The van der Waals surface area contributed by atoms with E-state index in [1.165, 1.54) is 5.56 Å². The van der Waals surface area contributed by atoms with Crippen LogP contribution < -0.4 is 10.6 Å². The maximum atomic E-state index is 12.7. The molecule has 0 saturated carbocycles. The van der Waals surface area contributed by atoms with Gasteiger partial charge in [-0.1, -0.05) is 61.9 Å². The number of morpholine rings is 1. The quantitative estimate of drug-likeness (QED) is 0.276. The van der Waals surface area contributed by atoms with Crippen LogP contribution in [-0.2, 0) is 16.0 Å². The van der Waals surface area contributed by atoms with Crippen molar-refractivity contribution in [1.29, 1.82) is 0 Å². The Balaban J connectivity index is 1.52. The van der Waals surface area contributed by atoms with Gasteiger partial charge in [0.2, 0.25) is 5.95 Å². The predicted molar refractivity (Wildman–Crippen MR) is 151 cm³/mol. The predicted octanol–water partition coefficient (Wildman–Crippen LogP) is 5.13. The molecular formula is C30H37N5O4. The normalized spacial score (nSPS) is 13.7. The van der Waals surface area contributed by atoms with E-state index in [1.54, 1.807) is 6.07 Å². The van der Waals surface area contributed by atoms with Gasteiger partial charge in [0, 0.05) is 31.2 Å². The molecule has 0 bridgehead atoms. The van der Waals surface area contributed by atoms with Crippen LogP contribution in [0.4, 0.5) is 10.7 Å². The van der Waals surface area contributed by atoms with Crippen LogP contribution in [0.25, 0.3) is 22.4 Å². The smallest absolute Gasteiger partial charge is 0.357 e. The molecule has 9 nitrogen and oxygen atoms in total. The van der Waals surface area contributed by atoms with Crippen LogP contribution in [0.1, 0.15) is 49.7 Å². The second-order valence-corrected chi connectivity index (χ2v) is 9.87. The molecule has 2 amide bonds. The van der Waals surface area contributed by atoms with Gasteiger partial charge in [-0.2, -0.15) is 0 Å². The van der Waals surface area contributed by atoms with Crippen LogP contribution in [0.2, 0.25) is 0 Å². The molecule has 9 heteroatoms. The molecule has 1 aromatic heterocycles. The molecule has 1 aliphatic heterocycles. The molecule has 0 unspecified atom stereocenters. The van der Waals surface area contributed by atoms with Crippen molar-refractivity contribution in [2.24, 2.45) is 0 Å². The van der Waals surface area contributed by atoms with Gasteiger partial charge < -0.3 is 14.8 Å². The van der Waals surface area contributed by atoms with Crippen molar-refractivity contribution in [3.05, 3.63) is 65.9 Å². The van der Waals surface area contributed by atoms with Gasteiger partial charge >= 0.3 is 12.0 Å². The Morgan fingerprint density at radius 3 is 2.26 bits per heavy atom. The van der Waals surface area contributed by atoms with E-state index in [2.05, 4.69) is 49.8 Å². The van der Waals surface area contributed by atoms with Crippen molar-refractivity contribution >= 4 is 17.9 Å². The third-order valence-corrected chi connectivity index (χ3v) is 6.29. The highest BCUT2D eigenvalue weighted by Gasteiger charge is 2.16. The molecule has 206 valence electrons. The first-order chi connectivity index (χ1) is 18.9. The van der Waals surface area contributed by atoms with Gasteiger partial charge in [0.1, 0.15) is 0 Å². The van der Waals surface area contributed by atoms with Crippen molar-refractivity contribution in [3.63, 3.8) is 0 Å². The number of hydrogen-bond acceptors (Lipinski definition) is 7. The highest BCUT2D eigenvalue weighted by molar-refractivity contribution is 5.91. The van der Waals surface area contributed by atoms with E-state index in [4.69, 9.17) is 9.47 Å². The van der Waals surface area contributed by atoms with Crippen LogP contribution in [0.5, 0.6) is 0 Å². The number of aromatic nitrogens is 2. The number of carbonyl (C=O) groups is 2. The molecule has 0 aliphatic carbocycles. The summed E-state index contributed by atoms with van der Waals surface area (Å²) >= 11 is 0. The molecule has 0 atom stereocenters. The summed E-state index contributed by atoms with van der Waals surface area (Å²) in [7, 11) is 0. The highest BCUT2D eigenvalue weighted by atomic mass is 16.5. The lowest BCUT2D eigenvalue weighted by Crippen LogP contribution is -2.35. The zero-order valence-electron chi connectivity index (χ0n) is 22.9. The van der Waals surface area contributed by atoms with Crippen LogP contribution in [0.15, 0.2) is 54.6 Å². The second-order valence-electron chi connectivity index (χ2n) is 9.87. The number of amides is 2. The van der Waals surface area contributed by atoms with Gasteiger partial charge in [-0.15, -0.1) is 0 Å². The summed E-state index contributed by atoms with van der Waals surface area (Å²) in [6.07, 6.45) is 1.68. The molecule has 0 spiro atoms. The average molecular weight is 532 g/mol.